The van der Waals surface area contributed by atoms with E-state index in [1.165, 1.54) is 5.56 Å². The Morgan fingerprint density at radius 1 is 1.27 bits per heavy atom. The van der Waals surface area contributed by atoms with E-state index in [1.54, 1.807) is 12.3 Å². The van der Waals surface area contributed by atoms with Crippen molar-refractivity contribution in [1.82, 2.24) is 10.4 Å². The summed E-state index contributed by atoms with van der Waals surface area (Å²) in [5, 5.41) is 5.15. The topological polar surface area (TPSA) is 75.7 Å². The van der Waals surface area contributed by atoms with Crippen molar-refractivity contribution in [3.63, 3.8) is 0 Å². The van der Waals surface area contributed by atoms with E-state index in [1.807, 2.05) is 36.5 Å². The fourth-order valence-electron chi connectivity index (χ4n) is 3.03. The van der Waals surface area contributed by atoms with Gasteiger partial charge in [-0.1, -0.05) is 37.3 Å². The summed E-state index contributed by atoms with van der Waals surface area (Å²) < 4.78 is 11.2. The first-order valence-corrected chi connectivity index (χ1v) is 8.56. The van der Waals surface area contributed by atoms with Gasteiger partial charge in [0.25, 0.3) is 5.91 Å². The molecule has 132 valence electrons. The Balaban J connectivity index is 1.44. The van der Waals surface area contributed by atoms with Crippen molar-refractivity contribution in [2.75, 3.05) is 6.61 Å². The molecule has 0 aliphatic carbocycles. The molecular formula is C20H19N3O3. The van der Waals surface area contributed by atoms with Gasteiger partial charge in [-0.05, 0) is 24.1 Å². The third-order valence-electron chi connectivity index (χ3n) is 4.39. The average molecular weight is 349 g/mol. The lowest BCUT2D eigenvalue weighted by atomic mass is 10.1. The predicted molar refractivity (Wildman–Crippen MR) is 99.8 cm³/mol. The minimum Gasteiger partial charge on any atom is -0.485 e. The molecule has 0 saturated carbocycles. The molecular weight excluding hydrogens is 330 g/mol. The van der Waals surface area contributed by atoms with Crippen LogP contribution in [0.4, 0.5) is 0 Å². The second kappa shape index (κ2) is 6.92. The van der Waals surface area contributed by atoms with Gasteiger partial charge >= 0.3 is 0 Å². The van der Waals surface area contributed by atoms with Crippen molar-refractivity contribution >= 4 is 23.0 Å². The van der Waals surface area contributed by atoms with Gasteiger partial charge in [0.1, 0.15) is 6.61 Å². The number of aryl methyl sites for hydroxylation is 1. The molecule has 3 aromatic rings. The Hall–Kier alpha value is -3.28. The lowest BCUT2D eigenvalue weighted by Gasteiger charge is -2.24. The van der Waals surface area contributed by atoms with Gasteiger partial charge in [-0.25, -0.2) is 5.43 Å². The van der Waals surface area contributed by atoms with Crippen LogP contribution in [0.3, 0.4) is 0 Å². The van der Waals surface area contributed by atoms with Gasteiger partial charge in [0, 0.05) is 22.7 Å². The number of carbonyl (C=O) groups is 1. The molecule has 0 bridgehead atoms. The second-order valence-corrected chi connectivity index (χ2v) is 6.04. The zero-order chi connectivity index (χ0) is 17.9. The quantitative estimate of drug-likeness (QED) is 0.561. The molecule has 1 aromatic heterocycles. The van der Waals surface area contributed by atoms with E-state index in [0.29, 0.717) is 11.5 Å². The average Bonchev–Trinajstić information content (AvgIpc) is 3.10. The third kappa shape index (κ3) is 3.01. The number of nitrogens with zero attached hydrogens (tertiary/aromatic N) is 1. The molecule has 0 spiro atoms. The first-order valence-electron chi connectivity index (χ1n) is 8.56. The van der Waals surface area contributed by atoms with E-state index >= 15 is 0 Å². The monoisotopic (exact) mass is 349 g/mol. The van der Waals surface area contributed by atoms with Crippen LogP contribution in [-0.4, -0.2) is 29.8 Å². The van der Waals surface area contributed by atoms with Crippen LogP contribution in [0.25, 0.3) is 10.9 Å². The van der Waals surface area contributed by atoms with Gasteiger partial charge in [0.2, 0.25) is 6.10 Å². The standard InChI is InChI=1S/C20H19N3O3/c1-2-13-6-5-7-15-14(10-21-19(13)15)11-22-23-20(24)18-12-25-16-8-3-4-9-17(16)26-18/h3-11,18,21H,2,12H2,1H3,(H,23,24). The normalized spacial score (nSPS) is 16.1. The summed E-state index contributed by atoms with van der Waals surface area (Å²) in [6.07, 6.45) is 3.74. The van der Waals surface area contributed by atoms with E-state index in [4.69, 9.17) is 9.47 Å². The SMILES string of the molecule is CCc1cccc2c(C=NNC(=O)C3COc4ccccc4O3)c[nH]c12. The number of nitrogens with one attached hydrogen (secondary N) is 2. The van der Waals surface area contributed by atoms with Gasteiger partial charge in [-0.15, -0.1) is 0 Å². The summed E-state index contributed by atoms with van der Waals surface area (Å²) in [6.45, 7) is 2.28. The summed E-state index contributed by atoms with van der Waals surface area (Å²) in [5.41, 5.74) is 5.79. The van der Waals surface area contributed by atoms with Crippen molar-refractivity contribution in [3.8, 4) is 11.5 Å². The fraction of sp³-hybridized carbons (Fsp3) is 0.200. The Labute approximate surface area is 150 Å². The molecule has 0 fully saturated rings. The number of para-hydroxylation sites is 3. The van der Waals surface area contributed by atoms with Crippen LogP contribution in [0, 0.1) is 0 Å². The number of amides is 1. The number of H-pyrrole nitrogens is 1. The Kier molecular flexibility index (Phi) is 4.31. The first-order chi connectivity index (χ1) is 12.8. The highest BCUT2D eigenvalue weighted by Crippen LogP contribution is 2.30. The molecule has 2 N–H and O–H groups in total. The lowest BCUT2D eigenvalue weighted by molar-refractivity contribution is -0.130. The van der Waals surface area contributed by atoms with Crippen molar-refractivity contribution in [3.05, 3.63) is 59.8 Å². The smallest absolute Gasteiger partial charge is 0.284 e. The van der Waals surface area contributed by atoms with Crippen LogP contribution in [0.1, 0.15) is 18.1 Å². The molecule has 2 aromatic carbocycles. The van der Waals surface area contributed by atoms with Crippen LogP contribution >= 0.6 is 0 Å². The Morgan fingerprint density at radius 3 is 2.96 bits per heavy atom. The van der Waals surface area contributed by atoms with Crippen LogP contribution in [0.5, 0.6) is 11.5 Å². The summed E-state index contributed by atoms with van der Waals surface area (Å²) in [6, 6.07) is 13.4. The number of fused-ring (bicyclic) bond motifs is 2. The van der Waals surface area contributed by atoms with Gasteiger partial charge < -0.3 is 14.5 Å². The molecule has 0 saturated heterocycles. The highest BCUT2D eigenvalue weighted by molar-refractivity contribution is 6.00. The highest BCUT2D eigenvalue weighted by Gasteiger charge is 2.26. The van der Waals surface area contributed by atoms with E-state index in [0.717, 1.165) is 22.9 Å². The van der Waals surface area contributed by atoms with Crippen molar-refractivity contribution in [2.24, 2.45) is 5.10 Å². The van der Waals surface area contributed by atoms with Crippen LogP contribution < -0.4 is 14.9 Å². The van der Waals surface area contributed by atoms with Crippen molar-refractivity contribution in [1.29, 1.82) is 0 Å². The number of benzene rings is 2. The van der Waals surface area contributed by atoms with E-state index < -0.39 is 6.10 Å². The molecule has 6 heteroatoms. The number of aromatic nitrogens is 1. The van der Waals surface area contributed by atoms with Crippen molar-refractivity contribution in [2.45, 2.75) is 19.4 Å². The predicted octanol–water partition coefficient (Wildman–Crippen LogP) is 3.02. The molecule has 1 aliphatic heterocycles. The number of rotatable bonds is 4. The summed E-state index contributed by atoms with van der Waals surface area (Å²) in [7, 11) is 0. The fourth-order valence-corrected chi connectivity index (χ4v) is 3.03. The highest BCUT2D eigenvalue weighted by atomic mass is 16.6. The number of carbonyl (C=O) groups excluding carboxylic acids is 1. The Bertz CT molecular complexity index is 977. The van der Waals surface area contributed by atoms with Crippen molar-refractivity contribution < 1.29 is 14.3 Å². The van der Waals surface area contributed by atoms with Gasteiger partial charge in [-0.3, -0.25) is 4.79 Å². The third-order valence-corrected chi connectivity index (χ3v) is 4.39. The molecule has 2 heterocycles. The van der Waals surface area contributed by atoms with Gasteiger partial charge in [-0.2, -0.15) is 5.10 Å². The minimum atomic E-state index is -0.725. The maximum absolute atomic E-state index is 12.3. The zero-order valence-electron chi connectivity index (χ0n) is 14.4. The first kappa shape index (κ1) is 16.2. The minimum absolute atomic E-state index is 0.158. The molecule has 4 rings (SSSR count). The van der Waals surface area contributed by atoms with Gasteiger partial charge in [0.15, 0.2) is 11.5 Å². The molecule has 1 atom stereocenters. The summed E-state index contributed by atoms with van der Waals surface area (Å²) >= 11 is 0. The number of ether oxygens (including phenoxy) is 2. The van der Waals surface area contributed by atoms with E-state index in [9.17, 15) is 4.79 Å². The lowest BCUT2D eigenvalue weighted by Crippen LogP contribution is -2.42. The van der Waals surface area contributed by atoms with Gasteiger partial charge in [0.05, 0.1) is 6.21 Å². The summed E-state index contributed by atoms with van der Waals surface area (Å²) in [5.74, 6) is 0.863. The van der Waals surface area contributed by atoms with Crippen LogP contribution in [-0.2, 0) is 11.2 Å². The van der Waals surface area contributed by atoms with E-state index in [2.05, 4.69) is 28.5 Å². The van der Waals surface area contributed by atoms with Crippen LogP contribution in [0.15, 0.2) is 53.8 Å². The number of hydrazone groups is 1. The maximum Gasteiger partial charge on any atom is 0.284 e. The molecule has 1 aliphatic rings. The number of hydrogen-bond donors (Lipinski definition) is 2. The molecule has 1 unspecified atom stereocenters. The largest absolute Gasteiger partial charge is 0.485 e. The zero-order valence-corrected chi connectivity index (χ0v) is 14.4. The van der Waals surface area contributed by atoms with Crippen LogP contribution in [0.2, 0.25) is 0 Å². The number of aromatic amines is 1. The number of hydrogen-bond acceptors (Lipinski definition) is 4. The molecule has 0 radical (unpaired) electrons. The molecule has 1 amide bonds. The molecule has 26 heavy (non-hydrogen) atoms. The Morgan fingerprint density at radius 2 is 2.12 bits per heavy atom. The van der Waals surface area contributed by atoms with E-state index in [-0.39, 0.29) is 12.5 Å². The maximum atomic E-state index is 12.3. The second-order valence-electron chi connectivity index (χ2n) is 6.04. The summed E-state index contributed by atoms with van der Waals surface area (Å²) in [4.78, 5) is 15.5. The molecule has 6 nitrogen and oxygen atoms in total.